The minimum atomic E-state index is 0.103. The van der Waals surface area contributed by atoms with Gasteiger partial charge in [-0.1, -0.05) is 12.1 Å². The second-order valence-corrected chi connectivity index (χ2v) is 5.44. The molecule has 2 rings (SSSR count). The summed E-state index contributed by atoms with van der Waals surface area (Å²) in [5.41, 5.74) is 1.48. The van der Waals surface area contributed by atoms with Crippen LogP contribution >= 0.6 is 0 Å². The van der Waals surface area contributed by atoms with Crippen molar-refractivity contribution in [1.29, 1.82) is 5.26 Å². The molecule has 0 atom stereocenters. The van der Waals surface area contributed by atoms with E-state index in [0.29, 0.717) is 0 Å². The molecule has 3 nitrogen and oxygen atoms in total. The van der Waals surface area contributed by atoms with Gasteiger partial charge in [0.05, 0.1) is 0 Å². The molecule has 0 bridgehead atoms. The topological polar surface area (TPSA) is 45.0 Å². The van der Waals surface area contributed by atoms with Crippen LogP contribution in [0.3, 0.4) is 0 Å². The zero-order chi connectivity index (χ0) is 13.0. The van der Waals surface area contributed by atoms with E-state index in [2.05, 4.69) is 19.2 Å². The standard InChI is InChI=1S/C15H20N2O/c1-15(2,13-5-6-13)17-11-12-3-7-14(8-4-12)18-10-9-16/h3-4,7-8,13,17H,5-6,10-11H2,1-2H3. The Kier molecular flexibility index (Phi) is 3.88. The second-order valence-electron chi connectivity index (χ2n) is 5.44. The quantitative estimate of drug-likeness (QED) is 0.837. The van der Waals surface area contributed by atoms with Crippen molar-refractivity contribution in [3.05, 3.63) is 29.8 Å². The molecule has 0 amide bonds. The second kappa shape index (κ2) is 5.41. The van der Waals surface area contributed by atoms with Crippen LogP contribution in [0.4, 0.5) is 0 Å². The van der Waals surface area contributed by atoms with Gasteiger partial charge in [0.25, 0.3) is 0 Å². The van der Waals surface area contributed by atoms with Crippen LogP contribution < -0.4 is 10.1 Å². The lowest BCUT2D eigenvalue weighted by Crippen LogP contribution is -2.40. The van der Waals surface area contributed by atoms with E-state index in [-0.39, 0.29) is 12.1 Å². The third-order valence-electron chi connectivity index (χ3n) is 3.57. The molecule has 18 heavy (non-hydrogen) atoms. The predicted octanol–water partition coefficient (Wildman–Crippen LogP) is 2.87. The van der Waals surface area contributed by atoms with Crippen LogP contribution in [0.15, 0.2) is 24.3 Å². The van der Waals surface area contributed by atoms with E-state index in [0.717, 1.165) is 18.2 Å². The minimum Gasteiger partial charge on any atom is -0.479 e. The zero-order valence-corrected chi connectivity index (χ0v) is 11.1. The van der Waals surface area contributed by atoms with Gasteiger partial charge < -0.3 is 10.1 Å². The van der Waals surface area contributed by atoms with Crippen LogP contribution in [0.1, 0.15) is 32.3 Å². The van der Waals surface area contributed by atoms with Crippen LogP contribution in [0.2, 0.25) is 0 Å². The molecular weight excluding hydrogens is 224 g/mol. The Bertz CT molecular complexity index is 427. The summed E-state index contributed by atoms with van der Waals surface area (Å²) in [4.78, 5) is 0. The Morgan fingerprint density at radius 1 is 1.33 bits per heavy atom. The number of hydrogen-bond acceptors (Lipinski definition) is 3. The first-order valence-electron chi connectivity index (χ1n) is 6.45. The van der Waals surface area contributed by atoms with Crippen molar-refractivity contribution < 1.29 is 4.74 Å². The van der Waals surface area contributed by atoms with E-state index >= 15 is 0 Å². The molecule has 96 valence electrons. The molecule has 0 aromatic heterocycles. The summed E-state index contributed by atoms with van der Waals surface area (Å²) in [5.74, 6) is 1.58. The first kappa shape index (κ1) is 12.9. The fourth-order valence-electron chi connectivity index (χ4n) is 2.10. The number of nitriles is 1. The molecule has 0 aliphatic heterocycles. The van der Waals surface area contributed by atoms with Crippen LogP contribution in [-0.2, 0) is 6.54 Å². The van der Waals surface area contributed by atoms with Crippen molar-refractivity contribution in [2.75, 3.05) is 6.61 Å². The highest BCUT2D eigenvalue weighted by atomic mass is 16.5. The van der Waals surface area contributed by atoms with Gasteiger partial charge in [0.15, 0.2) is 6.61 Å². The van der Waals surface area contributed by atoms with Crippen LogP contribution in [-0.4, -0.2) is 12.1 Å². The van der Waals surface area contributed by atoms with Gasteiger partial charge in [-0.05, 0) is 50.3 Å². The summed E-state index contributed by atoms with van der Waals surface area (Å²) in [7, 11) is 0. The molecule has 0 spiro atoms. The maximum Gasteiger partial charge on any atom is 0.174 e. The summed E-state index contributed by atoms with van der Waals surface area (Å²) in [5, 5.41) is 12.0. The van der Waals surface area contributed by atoms with Crippen LogP contribution in [0.5, 0.6) is 5.75 Å². The van der Waals surface area contributed by atoms with Crippen LogP contribution in [0.25, 0.3) is 0 Å². The van der Waals surface area contributed by atoms with Gasteiger partial charge in [0.2, 0.25) is 0 Å². The molecule has 1 N–H and O–H groups in total. The normalized spacial score (nSPS) is 15.2. The Hall–Kier alpha value is -1.53. The van der Waals surface area contributed by atoms with E-state index < -0.39 is 0 Å². The van der Waals surface area contributed by atoms with Gasteiger partial charge in [-0.3, -0.25) is 0 Å². The van der Waals surface area contributed by atoms with Gasteiger partial charge >= 0.3 is 0 Å². The van der Waals surface area contributed by atoms with Gasteiger partial charge in [-0.25, -0.2) is 0 Å². The van der Waals surface area contributed by atoms with Crippen molar-refractivity contribution in [3.8, 4) is 11.8 Å². The Morgan fingerprint density at radius 2 is 2.00 bits per heavy atom. The third kappa shape index (κ3) is 3.48. The number of nitrogens with one attached hydrogen (secondary N) is 1. The Morgan fingerprint density at radius 3 is 2.56 bits per heavy atom. The molecule has 1 aliphatic rings. The maximum atomic E-state index is 8.43. The smallest absolute Gasteiger partial charge is 0.174 e. The summed E-state index contributed by atoms with van der Waals surface area (Å²) < 4.78 is 5.22. The predicted molar refractivity (Wildman–Crippen MR) is 71.2 cm³/mol. The van der Waals surface area contributed by atoms with Crippen molar-refractivity contribution >= 4 is 0 Å². The number of hydrogen-bond donors (Lipinski definition) is 1. The first-order chi connectivity index (χ1) is 8.62. The van der Waals surface area contributed by atoms with Gasteiger partial charge in [0.1, 0.15) is 11.8 Å². The monoisotopic (exact) mass is 244 g/mol. The molecule has 1 aliphatic carbocycles. The lowest BCUT2D eigenvalue weighted by atomic mass is 9.98. The van der Waals surface area contributed by atoms with Crippen LogP contribution in [0, 0.1) is 17.2 Å². The lowest BCUT2D eigenvalue weighted by molar-refractivity contribution is 0.339. The molecule has 0 saturated heterocycles. The zero-order valence-electron chi connectivity index (χ0n) is 11.1. The largest absolute Gasteiger partial charge is 0.479 e. The first-order valence-corrected chi connectivity index (χ1v) is 6.45. The molecule has 3 heteroatoms. The Labute approximate surface area is 109 Å². The fourth-order valence-corrected chi connectivity index (χ4v) is 2.10. The number of rotatable bonds is 6. The van der Waals surface area contributed by atoms with E-state index in [4.69, 9.17) is 10.00 Å². The van der Waals surface area contributed by atoms with Crippen molar-refractivity contribution in [2.24, 2.45) is 5.92 Å². The summed E-state index contributed by atoms with van der Waals surface area (Å²) in [6, 6.07) is 9.88. The molecule has 1 fully saturated rings. The van der Waals surface area contributed by atoms with E-state index in [1.165, 1.54) is 18.4 Å². The molecule has 1 aromatic rings. The molecular formula is C15H20N2O. The van der Waals surface area contributed by atoms with E-state index in [1.807, 2.05) is 30.3 Å². The van der Waals surface area contributed by atoms with Crippen molar-refractivity contribution in [3.63, 3.8) is 0 Å². The summed E-state index contributed by atoms with van der Waals surface area (Å²) in [6.45, 7) is 5.53. The number of ether oxygens (including phenoxy) is 1. The number of nitrogens with zero attached hydrogens (tertiary/aromatic N) is 1. The highest BCUT2D eigenvalue weighted by Crippen LogP contribution is 2.39. The highest BCUT2D eigenvalue weighted by molar-refractivity contribution is 5.27. The highest BCUT2D eigenvalue weighted by Gasteiger charge is 2.36. The molecule has 1 aromatic carbocycles. The van der Waals surface area contributed by atoms with Crippen molar-refractivity contribution in [1.82, 2.24) is 5.32 Å². The van der Waals surface area contributed by atoms with E-state index in [1.54, 1.807) is 0 Å². The lowest BCUT2D eigenvalue weighted by Gasteiger charge is -2.26. The Balaban J connectivity index is 1.84. The van der Waals surface area contributed by atoms with Gasteiger partial charge in [0, 0.05) is 12.1 Å². The maximum absolute atomic E-state index is 8.43. The average Bonchev–Trinajstić information content (AvgIpc) is 3.20. The molecule has 0 heterocycles. The summed E-state index contributed by atoms with van der Waals surface area (Å²) in [6.07, 6.45) is 2.70. The molecule has 0 unspecified atom stereocenters. The van der Waals surface area contributed by atoms with E-state index in [9.17, 15) is 0 Å². The van der Waals surface area contributed by atoms with Gasteiger partial charge in [-0.2, -0.15) is 5.26 Å². The third-order valence-corrected chi connectivity index (χ3v) is 3.57. The summed E-state index contributed by atoms with van der Waals surface area (Å²) >= 11 is 0. The number of benzene rings is 1. The van der Waals surface area contributed by atoms with Crippen molar-refractivity contribution in [2.45, 2.75) is 38.8 Å². The molecule has 0 radical (unpaired) electrons. The van der Waals surface area contributed by atoms with Gasteiger partial charge in [-0.15, -0.1) is 0 Å². The molecule has 1 saturated carbocycles. The fraction of sp³-hybridized carbons (Fsp3) is 0.533. The minimum absolute atomic E-state index is 0.103. The average molecular weight is 244 g/mol. The SMILES string of the molecule is CC(C)(NCc1ccc(OCC#N)cc1)C1CC1.